The second-order valence-corrected chi connectivity index (χ2v) is 7.11. The van der Waals surface area contributed by atoms with Crippen LogP contribution in [0, 0.1) is 5.92 Å². The van der Waals surface area contributed by atoms with Gasteiger partial charge in [0.05, 0.1) is 5.92 Å². The van der Waals surface area contributed by atoms with E-state index >= 15 is 0 Å². The van der Waals surface area contributed by atoms with E-state index in [0.29, 0.717) is 19.5 Å². The highest BCUT2D eigenvalue weighted by Crippen LogP contribution is 2.28. The molecule has 2 fully saturated rings. The maximum atomic E-state index is 12.3. The third-order valence-corrected chi connectivity index (χ3v) is 5.21. The van der Waals surface area contributed by atoms with Crippen LogP contribution in [0.15, 0.2) is 24.3 Å². The molecular formula is C20H29N3O2. The van der Waals surface area contributed by atoms with Crippen LogP contribution in [0.5, 0.6) is 0 Å². The summed E-state index contributed by atoms with van der Waals surface area (Å²) in [7, 11) is 0. The van der Waals surface area contributed by atoms with Crippen molar-refractivity contribution in [1.29, 1.82) is 0 Å². The first-order chi connectivity index (χ1) is 12.2. The fraction of sp³-hybridized carbons (Fsp3) is 0.600. The number of nitrogens with one attached hydrogen (secondary N) is 1. The maximum Gasteiger partial charge on any atom is 0.227 e. The van der Waals surface area contributed by atoms with Crippen molar-refractivity contribution in [2.75, 3.05) is 36.0 Å². The van der Waals surface area contributed by atoms with Gasteiger partial charge in [0.2, 0.25) is 11.8 Å². The largest absolute Gasteiger partial charge is 0.372 e. The number of hydrogen-bond donors (Lipinski definition) is 1. The predicted octanol–water partition coefficient (Wildman–Crippen LogP) is 2.95. The summed E-state index contributed by atoms with van der Waals surface area (Å²) in [6, 6.07) is 8.19. The van der Waals surface area contributed by atoms with Crippen LogP contribution in [0.2, 0.25) is 0 Å². The van der Waals surface area contributed by atoms with Crippen molar-refractivity contribution < 1.29 is 9.59 Å². The zero-order chi connectivity index (χ0) is 17.6. The molecule has 0 aliphatic carbocycles. The number of carbonyl (C=O) groups excluding carboxylic acids is 2. The Morgan fingerprint density at radius 3 is 2.48 bits per heavy atom. The number of hydrogen-bond acceptors (Lipinski definition) is 3. The molecule has 1 N–H and O–H groups in total. The van der Waals surface area contributed by atoms with E-state index in [9.17, 15) is 9.59 Å². The standard InChI is InChI=1S/C20H29N3O2/c1-2-3-4-11-21-20(25)16-14-19(24)23(15-16)18-9-7-17(8-10-18)22-12-5-6-13-22/h7-10,16H,2-6,11-15H2,1H3,(H,21,25). The van der Waals surface area contributed by atoms with Gasteiger partial charge in [0, 0.05) is 44.0 Å². The fourth-order valence-electron chi connectivity index (χ4n) is 3.68. The van der Waals surface area contributed by atoms with Crippen molar-refractivity contribution in [2.24, 2.45) is 5.92 Å². The van der Waals surface area contributed by atoms with Gasteiger partial charge in [-0.05, 0) is 43.5 Å². The van der Waals surface area contributed by atoms with Crippen LogP contribution in [0.25, 0.3) is 0 Å². The highest BCUT2D eigenvalue weighted by molar-refractivity contribution is 6.00. The number of carbonyl (C=O) groups is 2. The molecule has 0 spiro atoms. The second-order valence-electron chi connectivity index (χ2n) is 7.11. The lowest BCUT2D eigenvalue weighted by molar-refractivity contribution is -0.126. The molecule has 2 aliphatic heterocycles. The van der Waals surface area contributed by atoms with Crippen LogP contribution < -0.4 is 15.1 Å². The van der Waals surface area contributed by atoms with E-state index in [2.05, 4.69) is 29.3 Å². The van der Waals surface area contributed by atoms with Crippen LogP contribution >= 0.6 is 0 Å². The monoisotopic (exact) mass is 343 g/mol. The Morgan fingerprint density at radius 1 is 1.12 bits per heavy atom. The van der Waals surface area contributed by atoms with Crippen LogP contribution in [0.3, 0.4) is 0 Å². The summed E-state index contributed by atoms with van der Waals surface area (Å²) in [4.78, 5) is 28.7. The summed E-state index contributed by atoms with van der Waals surface area (Å²) >= 11 is 0. The van der Waals surface area contributed by atoms with Crippen LogP contribution in [-0.2, 0) is 9.59 Å². The molecule has 0 bridgehead atoms. The van der Waals surface area contributed by atoms with Crippen molar-refractivity contribution in [1.82, 2.24) is 5.32 Å². The Balaban J connectivity index is 1.56. The Bertz CT molecular complexity index is 593. The highest BCUT2D eigenvalue weighted by Gasteiger charge is 2.34. The molecule has 2 amide bonds. The van der Waals surface area contributed by atoms with Gasteiger partial charge < -0.3 is 15.1 Å². The Hall–Kier alpha value is -2.04. The highest BCUT2D eigenvalue weighted by atomic mass is 16.2. The minimum Gasteiger partial charge on any atom is -0.372 e. The van der Waals surface area contributed by atoms with Gasteiger partial charge in [0.1, 0.15) is 0 Å². The van der Waals surface area contributed by atoms with E-state index in [1.54, 1.807) is 4.90 Å². The number of amides is 2. The van der Waals surface area contributed by atoms with E-state index in [1.165, 1.54) is 18.5 Å². The number of rotatable bonds is 7. The summed E-state index contributed by atoms with van der Waals surface area (Å²) in [5.41, 5.74) is 2.12. The summed E-state index contributed by atoms with van der Waals surface area (Å²) in [5.74, 6) is -0.171. The Labute approximate surface area is 150 Å². The van der Waals surface area contributed by atoms with Crippen LogP contribution in [0.1, 0.15) is 45.4 Å². The SMILES string of the molecule is CCCCCNC(=O)C1CC(=O)N(c2ccc(N3CCCC3)cc2)C1. The van der Waals surface area contributed by atoms with Gasteiger partial charge in [0.15, 0.2) is 0 Å². The molecule has 1 aromatic rings. The van der Waals surface area contributed by atoms with Crippen LogP contribution in [-0.4, -0.2) is 38.0 Å². The van der Waals surface area contributed by atoms with Crippen molar-refractivity contribution in [3.63, 3.8) is 0 Å². The van der Waals surface area contributed by atoms with Crippen molar-refractivity contribution in [3.8, 4) is 0 Å². The third kappa shape index (κ3) is 4.33. The molecule has 2 saturated heterocycles. The van der Waals surface area contributed by atoms with Gasteiger partial charge in [-0.1, -0.05) is 19.8 Å². The molecule has 0 radical (unpaired) electrons. The van der Waals surface area contributed by atoms with Gasteiger partial charge in [-0.25, -0.2) is 0 Å². The summed E-state index contributed by atoms with van der Waals surface area (Å²) in [5, 5.41) is 2.97. The second kappa shape index (κ2) is 8.37. The van der Waals surface area contributed by atoms with E-state index < -0.39 is 0 Å². The Morgan fingerprint density at radius 2 is 1.80 bits per heavy atom. The van der Waals surface area contributed by atoms with Crippen LogP contribution in [0.4, 0.5) is 11.4 Å². The molecule has 1 atom stereocenters. The average Bonchev–Trinajstić information content (AvgIpc) is 3.28. The lowest BCUT2D eigenvalue weighted by Gasteiger charge is -2.20. The maximum absolute atomic E-state index is 12.3. The lowest BCUT2D eigenvalue weighted by Crippen LogP contribution is -2.33. The molecule has 1 unspecified atom stereocenters. The van der Waals surface area contributed by atoms with Crippen molar-refractivity contribution >= 4 is 23.2 Å². The molecule has 2 aliphatic rings. The molecule has 5 nitrogen and oxygen atoms in total. The smallest absolute Gasteiger partial charge is 0.227 e. The number of nitrogens with zero attached hydrogens (tertiary/aromatic N) is 2. The minimum absolute atomic E-state index is 0.0145. The molecule has 2 heterocycles. The molecule has 5 heteroatoms. The van der Waals surface area contributed by atoms with Gasteiger partial charge in [-0.2, -0.15) is 0 Å². The first kappa shape index (κ1) is 17.8. The van der Waals surface area contributed by atoms with E-state index in [1.807, 2.05) is 12.1 Å². The topological polar surface area (TPSA) is 52.7 Å². The van der Waals surface area contributed by atoms with Gasteiger partial charge in [0.25, 0.3) is 0 Å². The molecule has 1 aromatic carbocycles. The summed E-state index contributed by atoms with van der Waals surface area (Å²) < 4.78 is 0. The normalized spacial score (nSPS) is 20.4. The van der Waals surface area contributed by atoms with E-state index in [0.717, 1.165) is 38.0 Å². The fourth-order valence-corrected chi connectivity index (χ4v) is 3.68. The molecular weight excluding hydrogens is 314 g/mol. The van der Waals surface area contributed by atoms with Crippen molar-refractivity contribution in [3.05, 3.63) is 24.3 Å². The summed E-state index contributed by atoms with van der Waals surface area (Å²) in [6.07, 6.45) is 6.08. The first-order valence-corrected chi connectivity index (χ1v) is 9.62. The lowest BCUT2D eigenvalue weighted by atomic mass is 10.1. The zero-order valence-corrected chi connectivity index (χ0v) is 15.2. The summed E-state index contributed by atoms with van der Waals surface area (Å²) in [6.45, 7) is 5.57. The van der Waals surface area contributed by atoms with Gasteiger partial charge in [-0.3, -0.25) is 9.59 Å². The van der Waals surface area contributed by atoms with E-state index in [-0.39, 0.29) is 17.7 Å². The molecule has 3 rings (SSSR count). The molecule has 25 heavy (non-hydrogen) atoms. The molecule has 0 aromatic heterocycles. The quantitative estimate of drug-likeness (QED) is 0.775. The molecule has 136 valence electrons. The average molecular weight is 343 g/mol. The third-order valence-electron chi connectivity index (χ3n) is 5.21. The number of anilines is 2. The van der Waals surface area contributed by atoms with Gasteiger partial charge in [-0.15, -0.1) is 0 Å². The first-order valence-electron chi connectivity index (χ1n) is 9.62. The van der Waals surface area contributed by atoms with E-state index in [4.69, 9.17) is 0 Å². The van der Waals surface area contributed by atoms with Gasteiger partial charge >= 0.3 is 0 Å². The minimum atomic E-state index is -0.229. The number of benzene rings is 1. The zero-order valence-electron chi connectivity index (χ0n) is 15.2. The number of unbranched alkanes of at least 4 members (excludes halogenated alkanes) is 2. The van der Waals surface area contributed by atoms with Crippen molar-refractivity contribution in [2.45, 2.75) is 45.4 Å². The Kier molecular flexibility index (Phi) is 5.95. The molecule has 0 saturated carbocycles. The predicted molar refractivity (Wildman–Crippen MR) is 101 cm³/mol.